The van der Waals surface area contributed by atoms with Crippen molar-refractivity contribution in [1.82, 2.24) is 10.3 Å². The van der Waals surface area contributed by atoms with Gasteiger partial charge in [-0.3, -0.25) is 0 Å². The first-order chi connectivity index (χ1) is 10.4. The molecule has 1 aromatic heterocycles. The minimum atomic E-state index is 0.455. The molecule has 3 nitrogen and oxygen atoms in total. The van der Waals surface area contributed by atoms with Gasteiger partial charge >= 0.3 is 0 Å². The fourth-order valence-electron chi connectivity index (χ4n) is 3.74. The fraction of sp³-hybridized carbons (Fsp3) is 0.824. The fourth-order valence-corrected chi connectivity index (χ4v) is 5.07. The van der Waals surface area contributed by atoms with Crippen molar-refractivity contribution in [3.8, 4) is 0 Å². The highest BCUT2D eigenvalue weighted by molar-refractivity contribution is 7.11. The van der Waals surface area contributed by atoms with Crippen LogP contribution in [-0.2, 0) is 17.6 Å². The first-order valence-electron chi connectivity index (χ1n) is 8.59. The molecule has 1 atom stereocenters. The third-order valence-electron chi connectivity index (χ3n) is 4.92. The van der Waals surface area contributed by atoms with Crippen LogP contribution in [0, 0.1) is 5.92 Å². The molecule has 2 aliphatic carbocycles. The number of nitrogens with zero attached hydrogens (tertiary/aromatic N) is 1. The van der Waals surface area contributed by atoms with E-state index >= 15 is 0 Å². The Labute approximate surface area is 132 Å². The molecule has 2 aliphatic rings. The topological polar surface area (TPSA) is 34.1 Å². The first-order valence-corrected chi connectivity index (χ1v) is 9.41. The van der Waals surface area contributed by atoms with Crippen LogP contribution in [0.4, 0.5) is 0 Å². The van der Waals surface area contributed by atoms with Crippen molar-refractivity contribution in [2.24, 2.45) is 5.92 Å². The molecule has 0 aromatic carbocycles. The Bertz CT molecular complexity index is 416. The van der Waals surface area contributed by atoms with Crippen molar-refractivity contribution in [3.05, 3.63) is 15.6 Å². The number of ether oxygens (including phenoxy) is 1. The molecular weight excluding hydrogens is 280 g/mol. The van der Waals surface area contributed by atoms with Gasteiger partial charge in [-0.15, -0.1) is 11.3 Å². The van der Waals surface area contributed by atoms with E-state index in [1.807, 2.05) is 11.3 Å². The summed E-state index contributed by atoms with van der Waals surface area (Å²) in [6.07, 6.45) is 12.0. The van der Waals surface area contributed by atoms with E-state index in [9.17, 15) is 0 Å². The number of aryl methyl sites for hydroxylation is 2. The summed E-state index contributed by atoms with van der Waals surface area (Å²) in [5.41, 5.74) is 1.40. The zero-order valence-electron chi connectivity index (χ0n) is 13.2. The van der Waals surface area contributed by atoms with E-state index in [1.54, 1.807) is 12.0 Å². The number of hydrogen-bond donors (Lipinski definition) is 1. The van der Waals surface area contributed by atoms with E-state index in [2.05, 4.69) is 5.32 Å². The van der Waals surface area contributed by atoms with Crippen molar-refractivity contribution in [2.75, 3.05) is 20.3 Å². The molecule has 3 rings (SSSR count). The molecule has 1 aromatic rings. The van der Waals surface area contributed by atoms with Gasteiger partial charge in [-0.1, -0.05) is 19.3 Å². The van der Waals surface area contributed by atoms with E-state index in [4.69, 9.17) is 9.72 Å². The number of rotatable bonds is 6. The second kappa shape index (κ2) is 7.70. The highest BCUT2D eigenvalue weighted by Crippen LogP contribution is 2.38. The SMILES string of the molecule is COCCNC(c1nc2c(s1)CCCC2)C1CCCCC1. The molecule has 118 valence electrons. The van der Waals surface area contributed by atoms with Crippen LogP contribution in [0.1, 0.15) is 66.6 Å². The predicted octanol–water partition coefficient (Wildman–Crippen LogP) is 3.88. The van der Waals surface area contributed by atoms with Gasteiger partial charge < -0.3 is 10.1 Å². The summed E-state index contributed by atoms with van der Waals surface area (Å²) >= 11 is 1.98. The Balaban J connectivity index is 1.74. The molecule has 21 heavy (non-hydrogen) atoms. The third-order valence-corrected chi connectivity index (χ3v) is 6.16. The molecule has 0 aliphatic heterocycles. The van der Waals surface area contributed by atoms with E-state index < -0.39 is 0 Å². The van der Waals surface area contributed by atoms with Crippen molar-refractivity contribution in [2.45, 2.75) is 63.8 Å². The maximum Gasteiger partial charge on any atom is 0.110 e. The lowest BCUT2D eigenvalue weighted by atomic mass is 9.84. The van der Waals surface area contributed by atoms with E-state index in [0.717, 1.165) is 19.1 Å². The molecule has 0 saturated heterocycles. The second-order valence-corrected chi connectivity index (χ2v) is 7.57. The molecule has 1 unspecified atom stereocenters. The molecule has 0 radical (unpaired) electrons. The summed E-state index contributed by atoms with van der Waals surface area (Å²) in [6.45, 7) is 1.72. The van der Waals surface area contributed by atoms with Gasteiger partial charge in [0.05, 0.1) is 18.3 Å². The van der Waals surface area contributed by atoms with E-state index in [-0.39, 0.29) is 0 Å². The lowest BCUT2D eigenvalue weighted by molar-refractivity contribution is 0.184. The number of fused-ring (bicyclic) bond motifs is 1. The van der Waals surface area contributed by atoms with Crippen LogP contribution in [0.15, 0.2) is 0 Å². The van der Waals surface area contributed by atoms with Gasteiger partial charge in [0.1, 0.15) is 5.01 Å². The predicted molar refractivity (Wildman–Crippen MR) is 88.0 cm³/mol. The minimum Gasteiger partial charge on any atom is -0.383 e. The molecule has 1 saturated carbocycles. The second-order valence-electron chi connectivity index (χ2n) is 6.45. The van der Waals surface area contributed by atoms with Crippen molar-refractivity contribution in [3.63, 3.8) is 0 Å². The lowest BCUT2D eigenvalue weighted by Gasteiger charge is -2.29. The maximum atomic E-state index is 5.22. The average molecular weight is 308 g/mol. The highest BCUT2D eigenvalue weighted by atomic mass is 32.1. The van der Waals surface area contributed by atoms with Crippen molar-refractivity contribution >= 4 is 11.3 Å². The molecule has 1 heterocycles. The van der Waals surface area contributed by atoms with Crippen LogP contribution in [0.25, 0.3) is 0 Å². The van der Waals surface area contributed by atoms with E-state index in [1.165, 1.54) is 68.5 Å². The number of aromatic nitrogens is 1. The van der Waals surface area contributed by atoms with Crippen LogP contribution in [0.2, 0.25) is 0 Å². The van der Waals surface area contributed by atoms with Gasteiger partial charge in [0, 0.05) is 18.5 Å². The number of hydrogen-bond acceptors (Lipinski definition) is 4. The molecule has 1 N–H and O–H groups in total. The highest BCUT2D eigenvalue weighted by Gasteiger charge is 2.28. The maximum absolute atomic E-state index is 5.22. The minimum absolute atomic E-state index is 0.455. The number of methoxy groups -OCH3 is 1. The summed E-state index contributed by atoms with van der Waals surface area (Å²) in [5, 5.41) is 5.09. The van der Waals surface area contributed by atoms with Gasteiger partial charge in [0.25, 0.3) is 0 Å². The molecule has 0 bridgehead atoms. The monoisotopic (exact) mass is 308 g/mol. The molecule has 4 heteroatoms. The Morgan fingerprint density at radius 3 is 2.76 bits per heavy atom. The Hall–Kier alpha value is -0.450. The standard InChI is InChI=1S/C17H28N2OS/c1-20-12-11-18-16(13-7-3-2-4-8-13)17-19-14-9-5-6-10-15(14)21-17/h13,16,18H,2-12H2,1H3. The zero-order chi connectivity index (χ0) is 14.5. The number of thiazole rings is 1. The summed E-state index contributed by atoms with van der Waals surface area (Å²) < 4.78 is 5.22. The van der Waals surface area contributed by atoms with Gasteiger partial charge in [-0.25, -0.2) is 4.98 Å². The van der Waals surface area contributed by atoms with Gasteiger partial charge in [0.15, 0.2) is 0 Å². The van der Waals surface area contributed by atoms with E-state index in [0.29, 0.717) is 6.04 Å². The summed E-state index contributed by atoms with van der Waals surface area (Å²) in [4.78, 5) is 6.58. The van der Waals surface area contributed by atoms with Crippen LogP contribution in [0.3, 0.4) is 0 Å². The molecule has 0 amide bonds. The Morgan fingerprint density at radius 2 is 2.00 bits per heavy atom. The average Bonchev–Trinajstić information content (AvgIpc) is 2.96. The molecule has 1 fully saturated rings. The van der Waals surface area contributed by atoms with Gasteiger partial charge in [0.2, 0.25) is 0 Å². The summed E-state index contributed by atoms with van der Waals surface area (Å²) in [7, 11) is 1.78. The van der Waals surface area contributed by atoms with Crippen LogP contribution >= 0.6 is 11.3 Å². The third kappa shape index (κ3) is 3.85. The molecular formula is C17H28N2OS. The largest absolute Gasteiger partial charge is 0.383 e. The van der Waals surface area contributed by atoms with Crippen LogP contribution < -0.4 is 5.32 Å². The molecule has 0 spiro atoms. The summed E-state index contributed by atoms with van der Waals surface area (Å²) in [5.74, 6) is 0.767. The normalized spacial score (nSPS) is 21.2. The zero-order valence-corrected chi connectivity index (χ0v) is 14.0. The Morgan fingerprint density at radius 1 is 1.19 bits per heavy atom. The first kappa shape index (κ1) is 15.4. The lowest BCUT2D eigenvalue weighted by Crippen LogP contribution is -2.32. The van der Waals surface area contributed by atoms with Gasteiger partial charge in [-0.2, -0.15) is 0 Å². The smallest absolute Gasteiger partial charge is 0.110 e. The number of nitrogens with one attached hydrogen (secondary N) is 1. The Kier molecular flexibility index (Phi) is 5.67. The summed E-state index contributed by atoms with van der Waals surface area (Å²) in [6, 6.07) is 0.455. The van der Waals surface area contributed by atoms with Crippen LogP contribution in [-0.4, -0.2) is 25.2 Å². The van der Waals surface area contributed by atoms with Gasteiger partial charge in [-0.05, 0) is 44.4 Å². The van der Waals surface area contributed by atoms with Crippen LogP contribution in [0.5, 0.6) is 0 Å². The quantitative estimate of drug-likeness (QED) is 0.810. The van der Waals surface area contributed by atoms with Crippen molar-refractivity contribution in [1.29, 1.82) is 0 Å². The van der Waals surface area contributed by atoms with Crippen molar-refractivity contribution < 1.29 is 4.74 Å².